The molecule has 0 bridgehead atoms. The van der Waals surface area contributed by atoms with Crippen molar-refractivity contribution in [2.45, 2.75) is 59.4 Å². The molecule has 2 aromatic carbocycles. The molecule has 1 heterocycles. The standard InChI is InChI=1S/C23H30N2O/c1-16(2)19-12-11-18(5)15-22(19)26-14-8-13-25-21-10-7-6-9-20(21)24-23(25)17(3)4/h6-7,9-12,15-17H,8,13-14H2,1-5H3. The van der Waals surface area contributed by atoms with E-state index >= 15 is 0 Å². The quantitative estimate of drug-likeness (QED) is 0.484. The van der Waals surface area contributed by atoms with E-state index in [1.165, 1.54) is 16.6 Å². The second-order valence-corrected chi connectivity index (χ2v) is 7.66. The number of imidazole rings is 1. The summed E-state index contributed by atoms with van der Waals surface area (Å²) in [4.78, 5) is 4.82. The van der Waals surface area contributed by atoms with Crippen LogP contribution in [0.15, 0.2) is 42.5 Å². The Morgan fingerprint density at radius 2 is 1.77 bits per heavy atom. The normalized spacial score (nSPS) is 11.7. The first-order valence-corrected chi connectivity index (χ1v) is 9.66. The molecule has 3 heteroatoms. The number of aryl methyl sites for hydroxylation is 2. The largest absolute Gasteiger partial charge is 0.493 e. The van der Waals surface area contributed by atoms with Gasteiger partial charge in [0.05, 0.1) is 17.6 Å². The van der Waals surface area contributed by atoms with Crippen molar-refractivity contribution in [3.63, 3.8) is 0 Å². The highest BCUT2D eigenvalue weighted by Gasteiger charge is 2.13. The number of para-hydroxylation sites is 2. The molecular weight excluding hydrogens is 320 g/mol. The highest BCUT2D eigenvalue weighted by Crippen LogP contribution is 2.28. The number of rotatable bonds is 7. The van der Waals surface area contributed by atoms with Gasteiger partial charge in [-0.05, 0) is 48.6 Å². The van der Waals surface area contributed by atoms with Gasteiger partial charge in [0.1, 0.15) is 11.6 Å². The monoisotopic (exact) mass is 350 g/mol. The molecule has 1 aromatic heterocycles. The van der Waals surface area contributed by atoms with Crippen LogP contribution >= 0.6 is 0 Å². The third kappa shape index (κ3) is 3.92. The third-order valence-corrected chi connectivity index (χ3v) is 4.78. The smallest absolute Gasteiger partial charge is 0.123 e. The van der Waals surface area contributed by atoms with Gasteiger partial charge in [0.25, 0.3) is 0 Å². The summed E-state index contributed by atoms with van der Waals surface area (Å²) in [6.45, 7) is 12.6. The number of hydrogen-bond acceptors (Lipinski definition) is 2. The molecule has 0 fully saturated rings. The summed E-state index contributed by atoms with van der Waals surface area (Å²) in [5.41, 5.74) is 4.83. The SMILES string of the molecule is Cc1ccc(C(C)C)c(OCCCn2c(C(C)C)nc3ccccc32)c1. The van der Waals surface area contributed by atoms with Gasteiger partial charge < -0.3 is 9.30 Å². The molecule has 0 spiro atoms. The highest BCUT2D eigenvalue weighted by atomic mass is 16.5. The molecule has 0 saturated heterocycles. The van der Waals surface area contributed by atoms with Gasteiger partial charge in [0, 0.05) is 12.5 Å². The Hall–Kier alpha value is -2.29. The lowest BCUT2D eigenvalue weighted by molar-refractivity contribution is 0.297. The number of nitrogens with zero attached hydrogens (tertiary/aromatic N) is 2. The van der Waals surface area contributed by atoms with E-state index in [2.05, 4.69) is 81.7 Å². The molecule has 0 radical (unpaired) electrons. The fourth-order valence-electron chi connectivity index (χ4n) is 3.42. The maximum Gasteiger partial charge on any atom is 0.123 e. The van der Waals surface area contributed by atoms with Crippen LogP contribution in [0.5, 0.6) is 5.75 Å². The summed E-state index contributed by atoms with van der Waals surface area (Å²) in [6.07, 6.45) is 0.964. The highest BCUT2D eigenvalue weighted by molar-refractivity contribution is 5.76. The Morgan fingerprint density at radius 3 is 2.50 bits per heavy atom. The van der Waals surface area contributed by atoms with Gasteiger partial charge in [0.2, 0.25) is 0 Å². The van der Waals surface area contributed by atoms with E-state index in [9.17, 15) is 0 Å². The second kappa shape index (κ2) is 7.94. The van der Waals surface area contributed by atoms with Gasteiger partial charge in [-0.3, -0.25) is 0 Å². The zero-order valence-electron chi connectivity index (χ0n) is 16.6. The second-order valence-electron chi connectivity index (χ2n) is 7.66. The Bertz CT molecular complexity index is 877. The molecule has 0 saturated carbocycles. The number of fused-ring (bicyclic) bond motifs is 1. The van der Waals surface area contributed by atoms with Gasteiger partial charge in [-0.25, -0.2) is 4.98 Å². The molecule has 3 nitrogen and oxygen atoms in total. The van der Waals surface area contributed by atoms with Crippen molar-refractivity contribution < 1.29 is 4.74 Å². The molecule has 0 unspecified atom stereocenters. The van der Waals surface area contributed by atoms with Gasteiger partial charge in [-0.2, -0.15) is 0 Å². The molecule has 0 aliphatic heterocycles. The van der Waals surface area contributed by atoms with Crippen LogP contribution in [0.1, 0.15) is 62.9 Å². The lowest BCUT2D eigenvalue weighted by Crippen LogP contribution is -2.09. The van der Waals surface area contributed by atoms with Crippen molar-refractivity contribution in [3.05, 3.63) is 59.4 Å². The van der Waals surface area contributed by atoms with Crippen molar-refractivity contribution in [3.8, 4) is 5.75 Å². The van der Waals surface area contributed by atoms with Crippen LogP contribution < -0.4 is 4.74 Å². The summed E-state index contributed by atoms with van der Waals surface area (Å²) < 4.78 is 8.51. The minimum absolute atomic E-state index is 0.410. The Labute approximate surface area is 157 Å². The Morgan fingerprint density at radius 1 is 1.00 bits per heavy atom. The van der Waals surface area contributed by atoms with Crippen LogP contribution in [-0.4, -0.2) is 16.2 Å². The van der Waals surface area contributed by atoms with E-state index in [0.29, 0.717) is 18.4 Å². The molecule has 0 N–H and O–H groups in total. The molecule has 3 aromatic rings. The minimum Gasteiger partial charge on any atom is -0.493 e. The summed E-state index contributed by atoms with van der Waals surface area (Å²) in [6, 6.07) is 14.9. The molecular formula is C23H30N2O. The molecule has 0 aliphatic rings. The first-order chi connectivity index (χ1) is 12.5. The number of aromatic nitrogens is 2. The molecule has 3 rings (SSSR count). The van der Waals surface area contributed by atoms with Gasteiger partial charge in [-0.15, -0.1) is 0 Å². The van der Waals surface area contributed by atoms with E-state index < -0.39 is 0 Å². The van der Waals surface area contributed by atoms with Crippen LogP contribution in [-0.2, 0) is 6.54 Å². The Balaban J connectivity index is 1.71. The predicted octanol–water partition coefficient (Wildman–Crippen LogP) is 6.06. The lowest BCUT2D eigenvalue weighted by atomic mass is 10.0. The van der Waals surface area contributed by atoms with E-state index in [1.807, 2.05) is 0 Å². The molecule has 0 atom stereocenters. The third-order valence-electron chi connectivity index (χ3n) is 4.78. The predicted molar refractivity (Wildman–Crippen MR) is 109 cm³/mol. The van der Waals surface area contributed by atoms with Crippen molar-refractivity contribution >= 4 is 11.0 Å². The molecule has 0 amide bonds. The molecule has 138 valence electrons. The van der Waals surface area contributed by atoms with Crippen molar-refractivity contribution in [1.82, 2.24) is 9.55 Å². The minimum atomic E-state index is 0.410. The van der Waals surface area contributed by atoms with Crippen LogP contribution in [0.25, 0.3) is 11.0 Å². The average molecular weight is 351 g/mol. The van der Waals surface area contributed by atoms with Crippen molar-refractivity contribution in [2.24, 2.45) is 0 Å². The van der Waals surface area contributed by atoms with Gasteiger partial charge >= 0.3 is 0 Å². The molecule has 0 aliphatic carbocycles. The maximum atomic E-state index is 6.16. The van der Waals surface area contributed by atoms with E-state index in [4.69, 9.17) is 9.72 Å². The van der Waals surface area contributed by atoms with Crippen LogP contribution in [0.3, 0.4) is 0 Å². The Kier molecular flexibility index (Phi) is 5.65. The number of benzene rings is 2. The van der Waals surface area contributed by atoms with Crippen molar-refractivity contribution in [1.29, 1.82) is 0 Å². The topological polar surface area (TPSA) is 27.1 Å². The van der Waals surface area contributed by atoms with E-state index in [0.717, 1.165) is 30.1 Å². The summed E-state index contributed by atoms with van der Waals surface area (Å²) in [7, 11) is 0. The van der Waals surface area contributed by atoms with Crippen molar-refractivity contribution in [2.75, 3.05) is 6.61 Å². The number of hydrogen-bond donors (Lipinski definition) is 0. The first kappa shape index (κ1) is 18.5. The summed E-state index contributed by atoms with van der Waals surface area (Å²) in [5, 5.41) is 0. The zero-order chi connectivity index (χ0) is 18.7. The molecule has 26 heavy (non-hydrogen) atoms. The summed E-state index contributed by atoms with van der Waals surface area (Å²) >= 11 is 0. The fraction of sp³-hybridized carbons (Fsp3) is 0.435. The van der Waals surface area contributed by atoms with Crippen LogP contribution in [0, 0.1) is 6.92 Å². The summed E-state index contributed by atoms with van der Waals surface area (Å²) in [5.74, 6) is 3.06. The van der Waals surface area contributed by atoms with Gasteiger partial charge in [0.15, 0.2) is 0 Å². The first-order valence-electron chi connectivity index (χ1n) is 9.66. The zero-order valence-corrected chi connectivity index (χ0v) is 16.6. The van der Waals surface area contributed by atoms with E-state index in [1.54, 1.807) is 0 Å². The average Bonchev–Trinajstić information content (AvgIpc) is 2.97. The van der Waals surface area contributed by atoms with Crippen LogP contribution in [0.4, 0.5) is 0 Å². The van der Waals surface area contributed by atoms with Gasteiger partial charge in [-0.1, -0.05) is 52.0 Å². The van der Waals surface area contributed by atoms with E-state index in [-0.39, 0.29) is 0 Å². The lowest BCUT2D eigenvalue weighted by Gasteiger charge is -2.16. The fourth-order valence-corrected chi connectivity index (χ4v) is 3.42. The van der Waals surface area contributed by atoms with Crippen LogP contribution in [0.2, 0.25) is 0 Å². The number of ether oxygens (including phenoxy) is 1. The maximum absolute atomic E-state index is 6.16.